The predicted molar refractivity (Wildman–Crippen MR) is 67.5 cm³/mol. The lowest BCUT2D eigenvalue weighted by Gasteiger charge is -2.08. The standard InChI is InChI=1S/C15H10F2O3/c1-9(18)20-14-5-3-2-4-12(14)15(19)11-7-6-10(16)8-13(11)17/h2-8H,1H3. The van der Waals surface area contributed by atoms with Crippen molar-refractivity contribution in [3.05, 3.63) is 65.2 Å². The van der Waals surface area contributed by atoms with Crippen molar-refractivity contribution in [3.63, 3.8) is 0 Å². The molecule has 0 bridgehead atoms. The highest BCUT2D eigenvalue weighted by Gasteiger charge is 2.19. The van der Waals surface area contributed by atoms with Gasteiger partial charge in [-0.05, 0) is 24.3 Å². The van der Waals surface area contributed by atoms with E-state index in [2.05, 4.69) is 0 Å². The predicted octanol–water partition coefficient (Wildman–Crippen LogP) is 3.12. The number of ether oxygens (including phenoxy) is 1. The first-order valence-corrected chi connectivity index (χ1v) is 5.76. The zero-order valence-electron chi connectivity index (χ0n) is 10.5. The average Bonchev–Trinajstić information content (AvgIpc) is 2.38. The van der Waals surface area contributed by atoms with Gasteiger partial charge in [-0.1, -0.05) is 12.1 Å². The van der Waals surface area contributed by atoms with Crippen molar-refractivity contribution in [3.8, 4) is 5.75 Å². The maximum Gasteiger partial charge on any atom is 0.308 e. The lowest BCUT2D eigenvalue weighted by Crippen LogP contribution is -2.10. The Hall–Kier alpha value is -2.56. The number of ketones is 1. The molecule has 0 amide bonds. The number of hydrogen-bond donors (Lipinski definition) is 0. The van der Waals surface area contributed by atoms with E-state index in [4.69, 9.17) is 4.74 Å². The second kappa shape index (κ2) is 5.61. The first kappa shape index (κ1) is 13.9. The molecule has 0 aliphatic carbocycles. The van der Waals surface area contributed by atoms with E-state index in [1.807, 2.05) is 0 Å². The van der Waals surface area contributed by atoms with Crippen LogP contribution < -0.4 is 4.74 Å². The van der Waals surface area contributed by atoms with Crippen LogP contribution in [0.5, 0.6) is 5.75 Å². The van der Waals surface area contributed by atoms with E-state index < -0.39 is 23.4 Å². The Morgan fingerprint density at radius 2 is 1.70 bits per heavy atom. The van der Waals surface area contributed by atoms with Crippen LogP contribution >= 0.6 is 0 Å². The lowest BCUT2D eigenvalue weighted by atomic mass is 10.0. The molecule has 0 N–H and O–H groups in total. The highest BCUT2D eigenvalue weighted by Crippen LogP contribution is 2.23. The first-order valence-electron chi connectivity index (χ1n) is 5.76. The SMILES string of the molecule is CC(=O)Oc1ccccc1C(=O)c1ccc(F)cc1F. The van der Waals surface area contributed by atoms with Gasteiger partial charge >= 0.3 is 5.97 Å². The van der Waals surface area contributed by atoms with E-state index in [1.54, 1.807) is 12.1 Å². The molecule has 0 unspecified atom stereocenters. The molecule has 102 valence electrons. The summed E-state index contributed by atoms with van der Waals surface area (Å²) in [7, 11) is 0. The molecule has 0 aliphatic heterocycles. The van der Waals surface area contributed by atoms with Gasteiger partial charge in [0.2, 0.25) is 0 Å². The summed E-state index contributed by atoms with van der Waals surface area (Å²) in [6, 6.07) is 8.64. The first-order chi connectivity index (χ1) is 9.49. The average molecular weight is 276 g/mol. The second-order valence-corrected chi connectivity index (χ2v) is 4.04. The van der Waals surface area contributed by atoms with E-state index in [0.29, 0.717) is 6.07 Å². The molecule has 20 heavy (non-hydrogen) atoms. The van der Waals surface area contributed by atoms with Gasteiger partial charge in [0.05, 0.1) is 11.1 Å². The molecular weight excluding hydrogens is 266 g/mol. The molecule has 2 rings (SSSR count). The molecule has 0 saturated heterocycles. The molecule has 0 fully saturated rings. The third-order valence-electron chi connectivity index (χ3n) is 2.56. The molecule has 5 heteroatoms. The molecular formula is C15H10F2O3. The normalized spacial score (nSPS) is 10.2. The number of carbonyl (C=O) groups is 2. The summed E-state index contributed by atoms with van der Waals surface area (Å²) < 4.78 is 31.4. The fraction of sp³-hybridized carbons (Fsp3) is 0.0667. The minimum Gasteiger partial charge on any atom is -0.426 e. The number of rotatable bonds is 3. The van der Waals surface area contributed by atoms with Crippen molar-refractivity contribution in [2.45, 2.75) is 6.92 Å². The van der Waals surface area contributed by atoms with Crippen LogP contribution in [0, 0.1) is 11.6 Å². The van der Waals surface area contributed by atoms with Gasteiger partial charge in [0.15, 0.2) is 5.78 Å². The molecule has 2 aromatic rings. The maximum atomic E-state index is 13.6. The van der Waals surface area contributed by atoms with Gasteiger partial charge in [-0.2, -0.15) is 0 Å². The molecule has 0 aromatic heterocycles. The molecule has 3 nitrogen and oxygen atoms in total. The Morgan fingerprint density at radius 1 is 1.00 bits per heavy atom. The topological polar surface area (TPSA) is 43.4 Å². The zero-order valence-corrected chi connectivity index (χ0v) is 10.5. The van der Waals surface area contributed by atoms with Gasteiger partial charge in [-0.3, -0.25) is 9.59 Å². The largest absolute Gasteiger partial charge is 0.426 e. The summed E-state index contributed by atoms with van der Waals surface area (Å²) >= 11 is 0. The van der Waals surface area contributed by atoms with E-state index in [9.17, 15) is 18.4 Å². The Morgan fingerprint density at radius 3 is 2.35 bits per heavy atom. The van der Waals surface area contributed by atoms with Crippen LogP contribution in [0.2, 0.25) is 0 Å². The van der Waals surface area contributed by atoms with Gasteiger partial charge in [-0.25, -0.2) is 8.78 Å². The fourth-order valence-corrected chi connectivity index (χ4v) is 1.72. The maximum absolute atomic E-state index is 13.6. The third kappa shape index (κ3) is 2.88. The summed E-state index contributed by atoms with van der Waals surface area (Å²) in [5.74, 6) is -2.97. The summed E-state index contributed by atoms with van der Waals surface area (Å²) in [4.78, 5) is 23.2. The molecule has 0 spiro atoms. The Bertz CT molecular complexity index is 681. The minimum absolute atomic E-state index is 0.0354. The smallest absolute Gasteiger partial charge is 0.308 e. The number of esters is 1. The lowest BCUT2D eigenvalue weighted by molar-refractivity contribution is -0.131. The highest BCUT2D eigenvalue weighted by atomic mass is 19.1. The molecule has 0 radical (unpaired) electrons. The van der Waals surface area contributed by atoms with E-state index in [1.165, 1.54) is 19.1 Å². The Balaban J connectivity index is 2.45. The van der Waals surface area contributed by atoms with Gasteiger partial charge in [0.25, 0.3) is 0 Å². The van der Waals surface area contributed by atoms with Crippen LogP contribution in [0.4, 0.5) is 8.78 Å². The summed E-state index contributed by atoms with van der Waals surface area (Å²) in [6.07, 6.45) is 0. The minimum atomic E-state index is -0.965. The summed E-state index contributed by atoms with van der Waals surface area (Å²) in [5.41, 5.74) is -0.251. The molecule has 2 aromatic carbocycles. The van der Waals surface area contributed by atoms with Crippen LogP contribution in [-0.2, 0) is 4.79 Å². The van der Waals surface area contributed by atoms with Crippen molar-refractivity contribution in [2.75, 3.05) is 0 Å². The fourth-order valence-electron chi connectivity index (χ4n) is 1.72. The van der Waals surface area contributed by atoms with Gasteiger partial charge < -0.3 is 4.74 Å². The summed E-state index contributed by atoms with van der Waals surface area (Å²) in [6.45, 7) is 1.19. The second-order valence-electron chi connectivity index (χ2n) is 4.04. The van der Waals surface area contributed by atoms with Gasteiger partial charge in [-0.15, -0.1) is 0 Å². The van der Waals surface area contributed by atoms with Crippen molar-refractivity contribution >= 4 is 11.8 Å². The number of benzene rings is 2. The van der Waals surface area contributed by atoms with Gasteiger partial charge in [0.1, 0.15) is 17.4 Å². The molecule has 0 saturated carbocycles. The quantitative estimate of drug-likeness (QED) is 0.491. The van der Waals surface area contributed by atoms with Crippen molar-refractivity contribution < 1.29 is 23.1 Å². The number of carbonyl (C=O) groups excluding carboxylic acids is 2. The molecule has 0 heterocycles. The highest BCUT2D eigenvalue weighted by molar-refractivity contribution is 6.11. The molecule has 0 atom stereocenters. The van der Waals surface area contributed by atoms with E-state index in [0.717, 1.165) is 12.1 Å². The monoisotopic (exact) mass is 276 g/mol. The van der Waals surface area contributed by atoms with Crippen molar-refractivity contribution in [1.29, 1.82) is 0 Å². The third-order valence-corrected chi connectivity index (χ3v) is 2.56. The van der Waals surface area contributed by atoms with Crippen LogP contribution in [0.25, 0.3) is 0 Å². The Kier molecular flexibility index (Phi) is 3.89. The zero-order chi connectivity index (χ0) is 14.7. The van der Waals surface area contributed by atoms with E-state index in [-0.39, 0.29) is 16.9 Å². The van der Waals surface area contributed by atoms with E-state index >= 15 is 0 Å². The van der Waals surface area contributed by atoms with Gasteiger partial charge in [0, 0.05) is 13.0 Å². The summed E-state index contributed by atoms with van der Waals surface area (Å²) in [5, 5.41) is 0. The van der Waals surface area contributed by atoms with Crippen LogP contribution in [0.3, 0.4) is 0 Å². The molecule has 0 aliphatic rings. The van der Waals surface area contributed by atoms with Crippen molar-refractivity contribution in [1.82, 2.24) is 0 Å². The van der Waals surface area contributed by atoms with Crippen molar-refractivity contribution in [2.24, 2.45) is 0 Å². The van der Waals surface area contributed by atoms with Crippen LogP contribution in [0.1, 0.15) is 22.8 Å². The van der Waals surface area contributed by atoms with Crippen LogP contribution in [-0.4, -0.2) is 11.8 Å². The number of halogens is 2. The number of hydrogen-bond acceptors (Lipinski definition) is 3. The van der Waals surface area contributed by atoms with Crippen LogP contribution in [0.15, 0.2) is 42.5 Å². The number of para-hydroxylation sites is 1. The Labute approximate surface area is 113 Å².